The largest absolute Gasteiger partial charge is 0.458 e. The van der Waals surface area contributed by atoms with Gasteiger partial charge in [0.05, 0.1) is 17.7 Å². The van der Waals surface area contributed by atoms with E-state index in [1.54, 1.807) is 20.8 Å². The Hall–Kier alpha value is -1.64. The third-order valence-electron chi connectivity index (χ3n) is 5.03. The van der Waals surface area contributed by atoms with Crippen molar-refractivity contribution in [2.24, 2.45) is 0 Å². The van der Waals surface area contributed by atoms with Crippen molar-refractivity contribution in [2.75, 3.05) is 19.8 Å². The van der Waals surface area contributed by atoms with Crippen molar-refractivity contribution >= 4 is 39.2 Å². The first-order valence-electron chi connectivity index (χ1n) is 10.3. The van der Waals surface area contributed by atoms with Crippen molar-refractivity contribution in [3.05, 3.63) is 63.6 Å². The van der Waals surface area contributed by atoms with Gasteiger partial charge < -0.3 is 9.47 Å². The van der Waals surface area contributed by atoms with E-state index in [0.29, 0.717) is 11.4 Å². The second kappa shape index (κ2) is 10.1. The number of halogens is 2. The summed E-state index contributed by atoms with van der Waals surface area (Å²) in [4.78, 5) is 11.9. The average Bonchev–Trinajstić information content (AvgIpc) is 3.10. The molecule has 6 nitrogen and oxygen atoms in total. The molecule has 0 amide bonds. The van der Waals surface area contributed by atoms with Gasteiger partial charge in [0.15, 0.2) is 0 Å². The van der Waals surface area contributed by atoms with Gasteiger partial charge in [0.25, 0.3) is 0 Å². The molecule has 0 N–H and O–H groups in total. The summed E-state index contributed by atoms with van der Waals surface area (Å²) in [5, 5.41) is 0.413. The Bertz CT molecular complexity index is 1080. The van der Waals surface area contributed by atoms with Crippen molar-refractivity contribution in [2.45, 2.75) is 50.2 Å². The van der Waals surface area contributed by atoms with Gasteiger partial charge in [0.2, 0.25) is 10.0 Å². The molecule has 2 aromatic rings. The zero-order valence-corrected chi connectivity index (χ0v) is 20.6. The van der Waals surface area contributed by atoms with Crippen LogP contribution >= 0.6 is 23.2 Å². The zero-order valence-electron chi connectivity index (χ0n) is 18.3. The lowest BCUT2D eigenvalue weighted by molar-refractivity contribution is -0.160. The molecule has 1 unspecified atom stereocenters. The highest BCUT2D eigenvalue weighted by molar-refractivity contribution is 7.89. The molecule has 9 heteroatoms. The number of ether oxygens (including phenoxy) is 2. The lowest BCUT2D eigenvalue weighted by Gasteiger charge is -2.29. The van der Waals surface area contributed by atoms with E-state index in [2.05, 4.69) is 0 Å². The number of carbonyl (C=O) groups excluding carboxylic acids is 1. The standard InChI is InChI=1S/C23H27Cl2NO5S/c1-23(2,3)31-22(27)15-30-13-12-26(20-10-8-16-6-4-5-7-18(16)20)32(28,29)21-11-9-17(24)14-19(21)25/h4-7,9,11,14,20H,8,10,12-13,15H2,1-3H3. The van der Waals surface area contributed by atoms with Crippen LogP contribution in [0.3, 0.4) is 0 Å². The van der Waals surface area contributed by atoms with Crippen molar-refractivity contribution < 1.29 is 22.7 Å². The van der Waals surface area contributed by atoms with E-state index in [0.717, 1.165) is 17.5 Å². The van der Waals surface area contributed by atoms with Gasteiger partial charge in [-0.25, -0.2) is 13.2 Å². The molecule has 1 atom stereocenters. The predicted molar refractivity (Wildman–Crippen MR) is 125 cm³/mol. The number of hydrogen-bond acceptors (Lipinski definition) is 5. The Kier molecular flexibility index (Phi) is 7.89. The van der Waals surface area contributed by atoms with Crippen LogP contribution < -0.4 is 0 Å². The molecular weight excluding hydrogens is 473 g/mol. The maximum absolute atomic E-state index is 13.6. The summed E-state index contributed by atoms with van der Waals surface area (Å²) in [6.07, 6.45) is 1.43. The molecule has 174 valence electrons. The molecule has 0 bridgehead atoms. The fourth-order valence-electron chi connectivity index (χ4n) is 3.77. The summed E-state index contributed by atoms with van der Waals surface area (Å²) in [6.45, 7) is 5.14. The second-order valence-corrected chi connectivity index (χ2v) is 11.3. The number of fused-ring (bicyclic) bond motifs is 1. The van der Waals surface area contributed by atoms with E-state index in [1.807, 2.05) is 24.3 Å². The van der Waals surface area contributed by atoms with Crippen LogP contribution in [0, 0.1) is 0 Å². The van der Waals surface area contributed by atoms with Crippen LogP contribution in [0.5, 0.6) is 0 Å². The highest BCUT2D eigenvalue weighted by Gasteiger charge is 2.37. The van der Waals surface area contributed by atoms with Crippen LogP contribution in [0.15, 0.2) is 47.4 Å². The third-order valence-corrected chi connectivity index (χ3v) is 7.65. The summed E-state index contributed by atoms with van der Waals surface area (Å²) >= 11 is 12.2. The minimum absolute atomic E-state index is 0.0138. The normalized spacial score (nSPS) is 16.2. The van der Waals surface area contributed by atoms with E-state index in [4.69, 9.17) is 32.7 Å². The van der Waals surface area contributed by atoms with Gasteiger partial charge in [-0.1, -0.05) is 47.5 Å². The number of sulfonamides is 1. The Morgan fingerprint density at radius 2 is 1.88 bits per heavy atom. The summed E-state index contributed by atoms with van der Waals surface area (Å²) in [5.41, 5.74) is 1.47. The van der Waals surface area contributed by atoms with Crippen LogP contribution in [0.4, 0.5) is 0 Å². The predicted octanol–water partition coefficient (Wildman–Crippen LogP) is 5.03. The maximum atomic E-state index is 13.6. The van der Waals surface area contributed by atoms with Crippen molar-refractivity contribution in [1.82, 2.24) is 4.31 Å². The second-order valence-electron chi connectivity index (χ2n) is 8.58. The quantitative estimate of drug-likeness (QED) is 0.376. The fourth-order valence-corrected chi connectivity index (χ4v) is 6.14. The average molecular weight is 500 g/mol. The third kappa shape index (κ3) is 6.02. The van der Waals surface area contributed by atoms with Crippen LogP contribution in [0.25, 0.3) is 0 Å². The molecule has 0 heterocycles. The molecule has 0 saturated carbocycles. The smallest absolute Gasteiger partial charge is 0.332 e. The Morgan fingerprint density at radius 1 is 1.16 bits per heavy atom. The van der Waals surface area contributed by atoms with Gasteiger partial charge in [0, 0.05) is 11.6 Å². The van der Waals surface area contributed by atoms with Gasteiger partial charge in [-0.15, -0.1) is 0 Å². The highest BCUT2D eigenvalue weighted by atomic mass is 35.5. The van der Waals surface area contributed by atoms with E-state index in [1.165, 1.54) is 22.5 Å². The van der Waals surface area contributed by atoms with E-state index in [-0.39, 0.29) is 35.7 Å². The fraction of sp³-hybridized carbons (Fsp3) is 0.435. The number of rotatable bonds is 8. The Labute approximate surface area is 199 Å². The van der Waals surface area contributed by atoms with Crippen LogP contribution in [-0.4, -0.2) is 44.1 Å². The molecule has 0 fully saturated rings. The van der Waals surface area contributed by atoms with Gasteiger partial charge in [-0.3, -0.25) is 0 Å². The SMILES string of the molecule is CC(C)(C)OC(=O)COCCN(C1CCc2ccccc21)S(=O)(=O)c1ccc(Cl)cc1Cl. The van der Waals surface area contributed by atoms with Crippen LogP contribution in [0.2, 0.25) is 10.0 Å². The Balaban J connectivity index is 1.82. The van der Waals surface area contributed by atoms with Gasteiger partial charge >= 0.3 is 5.97 Å². The number of aryl methyl sites for hydroxylation is 1. The lowest BCUT2D eigenvalue weighted by Crippen LogP contribution is -2.37. The van der Waals surface area contributed by atoms with Crippen molar-refractivity contribution in [3.8, 4) is 0 Å². The number of esters is 1. The topological polar surface area (TPSA) is 72.9 Å². The minimum atomic E-state index is -3.96. The summed E-state index contributed by atoms with van der Waals surface area (Å²) in [6, 6.07) is 11.8. The Morgan fingerprint density at radius 3 is 2.56 bits per heavy atom. The molecule has 32 heavy (non-hydrogen) atoms. The number of hydrogen-bond donors (Lipinski definition) is 0. The number of nitrogens with zero attached hydrogens (tertiary/aromatic N) is 1. The highest BCUT2D eigenvalue weighted by Crippen LogP contribution is 2.39. The zero-order chi connectivity index (χ0) is 23.5. The van der Waals surface area contributed by atoms with E-state index >= 15 is 0 Å². The number of benzene rings is 2. The molecule has 2 aromatic carbocycles. The summed E-state index contributed by atoms with van der Waals surface area (Å²) in [7, 11) is -3.96. The first-order valence-corrected chi connectivity index (χ1v) is 12.5. The molecule has 0 aliphatic heterocycles. The molecule has 0 spiro atoms. The van der Waals surface area contributed by atoms with Crippen LogP contribution in [-0.2, 0) is 30.7 Å². The van der Waals surface area contributed by atoms with E-state index < -0.39 is 21.6 Å². The number of carbonyl (C=O) groups is 1. The summed E-state index contributed by atoms with van der Waals surface area (Å²) in [5.74, 6) is -0.501. The molecule has 3 rings (SSSR count). The van der Waals surface area contributed by atoms with Crippen LogP contribution in [0.1, 0.15) is 44.4 Å². The first kappa shape index (κ1) is 25.0. The molecular formula is C23H27Cl2NO5S. The molecule has 0 radical (unpaired) electrons. The minimum Gasteiger partial charge on any atom is -0.458 e. The monoisotopic (exact) mass is 499 g/mol. The van der Waals surface area contributed by atoms with Crippen molar-refractivity contribution in [1.29, 1.82) is 0 Å². The van der Waals surface area contributed by atoms with Gasteiger partial charge in [-0.05, 0) is 62.9 Å². The van der Waals surface area contributed by atoms with Crippen molar-refractivity contribution in [3.63, 3.8) is 0 Å². The molecule has 0 saturated heterocycles. The molecule has 0 aromatic heterocycles. The molecule has 1 aliphatic carbocycles. The molecule has 1 aliphatic rings. The lowest BCUT2D eigenvalue weighted by atomic mass is 10.1. The maximum Gasteiger partial charge on any atom is 0.332 e. The van der Waals surface area contributed by atoms with Gasteiger partial charge in [-0.2, -0.15) is 4.31 Å². The first-order chi connectivity index (χ1) is 15.0. The van der Waals surface area contributed by atoms with Gasteiger partial charge in [0.1, 0.15) is 17.1 Å². The van der Waals surface area contributed by atoms with E-state index in [9.17, 15) is 13.2 Å². The summed E-state index contributed by atoms with van der Waals surface area (Å²) < 4.78 is 39.4.